The maximum Gasteiger partial charge on any atom is 0.243 e. The summed E-state index contributed by atoms with van der Waals surface area (Å²) in [4.78, 5) is 11.9. The summed E-state index contributed by atoms with van der Waals surface area (Å²) in [5.41, 5.74) is 2.77. The van der Waals surface area contributed by atoms with Gasteiger partial charge in [0.2, 0.25) is 5.91 Å². The average Bonchev–Trinajstić information content (AvgIpc) is 2.40. The molecular weight excluding hydrogens is 384 g/mol. The molecule has 0 saturated carbocycles. The number of hydrogen-bond acceptors (Lipinski definition) is 2. The first-order valence-corrected chi connectivity index (χ1v) is 7.69. The summed E-state index contributed by atoms with van der Waals surface area (Å²) in [6.45, 7) is 2.18. The molecule has 0 aliphatic heterocycles. The predicted molar refractivity (Wildman–Crippen MR) is 90.1 cm³/mol. The normalized spacial score (nSPS) is 10.2. The van der Waals surface area contributed by atoms with Crippen LogP contribution in [0.5, 0.6) is 0 Å². The van der Waals surface area contributed by atoms with Crippen molar-refractivity contribution in [2.45, 2.75) is 6.92 Å². The number of carbonyl (C=O) groups is 1. The molecule has 0 aromatic heterocycles. The fourth-order valence-electron chi connectivity index (χ4n) is 1.72. The third-order valence-electron chi connectivity index (χ3n) is 2.79. The minimum Gasteiger partial charge on any atom is -0.375 e. The van der Waals surface area contributed by atoms with Crippen LogP contribution in [0.1, 0.15) is 5.56 Å². The Balaban J connectivity index is 1.94. The van der Waals surface area contributed by atoms with Crippen LogP contribution in [0.2, 0.25) is 0 Å². The summed E-state index contributed by atoms with van der Waals surface area (Å²) in [7, 11) is 0. The molecule has 0 unspecified atom stereocenters. The lowest BCUT2D eigenvalue weighted by Crippen LogP contribution is -2.22. The van der Waals surface area contributed by atoms with Crippen LogP contribution in [-0.2, 0) is 4.79 Å². The summed E-state index contributed by atoms with van der Waals surface area (Å²) < 4.78 is 1.90. The third-order valence-corrected chi connectivity index (χ3v) is 3.94. The molecule has 3 nitrogen and oxygen atoms in total. The SMILES string of the molecule is Cc1ccccc1NC(=O)CNc1ccc(Br)cc1Br. The number of halogens is 2. The topological polar surface area (TPSA) is 41.1 Å². The molecule has 2 aromatic carbocycles. The zero-order valence-corrected chi connectivity index (χ0v) is 14.1. The fraction of sp³-hybridized carbons (Fsp3) is 0.133. The van der Waals surface area contributed by atoms with E-state index in [4.69, 9.17) is 0 Å². The van der Waals surface area contributed by atoms with Gasteiger partial charge in [0.05, 0.1) is 6.54 Å². The zero-order valence-electron chi connectivity index (χ0n) is 10.9. The molecule has 0 aliphatic rings. The van der Waals surface area contributed by atoms with Crippen molar-refractivity contribution in [3.05, 3.63) is 57.0 Å². The van der Waals surface area contributed by atoms with Gasteiger partial charge in [-0.25, -0.2) is 0 Å². The molecule has 1 amide bonds. The second-order valence-corrected chi connectivity index (χ2v) is 6.11. The van der Waals surface area contributed by atoms with Gasteiger partial charge in [-0.3, -0.25) is 4.79 Å². The molecule has 0 spiro atoms. The first-order chi connectivity index (χ1) is 9.56. The van der Waals surface area contributed by atoms with E-state index >= 15 is 0 Å². The van der Waals surface area contributed by atoms with Crippen molar-refractivity contribution in [3.8, 4) is 0 Å². The summed E-state index contributed by atoms with van der Waals surface area (Å²) >= 11 is 6.84. The van der Waals surface area contributed by atoms with Gasteiger partial charge in [-0.15, -0.1) is 0 Å². The van der Waals surface area contributed by atoms with Crippen molar-refractivity contribution >= 4 is 49.1 Å². The Morgan fingerprint density at radius 3 is 2.55 bits per heavy atom. The van der Waals surface area contributed by atoms with E-state index in [1.165, 1.54) is 0 Å². The minimum absolute atomic E-state index is 0.0749. The molecule has 20 heavy (non-hydrogen) atoms. The molecule has 0 atom stereocenters. The van der Waals surface area contributed by atoms with E-state index in [0.29, 0.717) is 0 Å². The molecule has 0 bridgehead atoms. The Bertz CT molecular complexity index is 629. The van der Waals surface area contributed by atoms with Gasteiger partial charge >= 0.3 is 0 Å². The van der Waals surface area contributed by atoms with Crippen LogP contribution in [0, 0.1) is 6.92 Å². The Morgan fingerprint density at radius 1 is 1.10 bits per heavy atom. The average molecular weight is 398 g/mol. The lowest BCUT2D eigenvalue weighted by atomic mass is 10.2. The highest BCUT2D eigenvalue weighted by Crippen LogP contribution is 2.25. The molecule has 0 saturated heterocycles. The van der Waals surface area contributed by atoms with Gasteiger partial charge in [0, 0.05) is 20.3 Å². The van der Waals surface area contributed by atoms with Gasteiger partial charge in [-0.2, -0.15) is 0 Å². The maximum atomic E-state index is 11.9. The number of hydrogen-bond donors (Lipinski definition) is 2. The van der Waals surface area contributed by atoms with Crippen molar-refractivity contribution in [1.29, 1.82) is 0 Å². The second kappa shape index (κ2) is 6.90. The number of anilines is 2. The third kappa shape index (κ3) is 4.08. The molecule has 0 heterocycles. The van der Waals surface area contributed by atoms with Gasteiger partial charge in [-0.05, 0) is 52.7 Å². The molecule has 2 aromatic rings. The van der Waals surface area contributed by atoms with Crippen LogP contribution in [-0.4, -0.2) is 12.5 Å². The van der Waals surface area contributed by atoms with Gasteiger partial charge in [0.1, 0.15) is 0 Å². The van der Waals surface area contributed by atoms with Crippen LogP contribution in [0.25, 0.3) is 0 Å². The van der Waals surface area contributed by atoms with E-state index in [9.17, 15) is 4.79 Å². The van der Waals surface area contributed by atoms with Crippen molar-refractivity contribution in [3.63, 3.8) is 0 Å². The first kappa shape index (κ1) is 15.1. The van der Waals surface area contributed by atoms with Gasteiger partial charge in [-0.1, -0.05) is 34.1 Å². The van der Waals surface area contributed by atoms with Crippen molar-refractivity contribution in [2.75, 3.05) is 17.2 Å². The lowest BCUT2D eigenvalue weighted by Gasteiger charge is -2.11. The first-order valence-electron chi connectivity index (χ1n) is 6.10. The lowest BCUT2D eigenvalue weighted by molar-refractivity contribution is -0.114. The second-order valence-electron chi connectivity index (χ2n) is 4.34. The standard InChI is InChI=1S/C15H14Br2N2O/c1-10-4-2-3-5-13(10)19-15(20)9-18-14-7-6-11(16)8-12(14)17/h2-8,18H,9H2,1H3,(H,19,20). The Labute approximate surface area is 135 Å². The number of carbonyl (C=O) groups excluding carboxylic acids is 1. The number of aryl methyl sites for hydroxylation is 1. The molecule has 2 rings (SSSR count). The molecular formula is C15H14Br2N2O. The Morgan fingerprint density at radius 2 is 1.85 bits per heavy atom. The molecule has 104 valence electrons. The molecule has 0 fully saturated rings. The molecule has 0 radical (unpaired) electrons. The van der Waals surface area contributed by atoms with Gasteiger partial charge in [0.15, 0.2) is 0 Å². The fourth-order valence-corrected chi connectivity index (χ4v) is 2.90. The monoisotopic (exact) mass is 396 g/mol. The Hall–Kier alpha value is -1.33. The predicted octanol–water partition coefficient (Wildman–Crippen LogP) is 4.57. The zero-order chi connectivity index (χ0) is 14.5. The molecule has 0 aliphatic carbocycles. The summed E-state index contributed by atoms with van der Waals surface area (Å²) in [6.07, 6.45) is 0. The highest BCUT2D eigenvalue weighted by Gasteiger charge is 2.06. The van der Waals surface area contributed by atoms with E-state index in [-0.39, 0.29) is 12.5 Å². The number of rotatable bonds is 4. The quantitative estimate of drug-likeness (QED) is 0.793. The van der Waals surface area contributed by atoms with E-state index in [0.717, 1.165) is 25.9 Å². The van der Waals surface area contributed by atoms with Crippen molar-refractivity contribution in [1.82, 2.24) is 0 Å². The Kier molecular flexibility index (Phi) is 5.20. The van der Waals surface area contributed by atoms with E-state index in [1.54, 1.807) is 0 Å². The number of para-hydroxylation sites is 1. The van der Waals surface area contributed by atoms with E-state index in [2.05, 4.69) is 42.5 Å². The van der Waals surface area contributed by atoms with E-state index < -0.39 is 0 Å². The van der Waals surface area contributed by atoms with Crippen LogP contribution >= 0.6 is 31.9 Å². The highest BCUT2D eigenvalue weighted by molar-refractivity contribution is 9.11. The van der Waals surface area contributed by atoms with Crippen LogP contribution in [0.3, 0.4) is 0 Å². The summed E-state index contributed by atoms with van der Waals surface area (Å²) in [6, 6.07) is 13.5. The number of amides is 1. The summed E-state index contributed by atoms with van der Waals surface area (Å²) in [5, 5.41) is 5.99. The van der Waals surface area contributed by atoms with E-state index in [1.807, 2.05) is 49.4 Å². The van der Waals surface area contributed by atoms with Crippen molar-refractivity contribution in [2.24, 2.45) is 0 Å². The molecule has 2 N–H and O–H groups in total. The van der Waals surface area contributed by atoms with Crippen LogP contribution in [0.15, 0.2) is 51.4 Å². The minimum atomic E-state index is -0.0749. The number of benzene rings is 2. The maximum absolute atomic E-state index is 11.9. The van der Waals surface area contributed by atoms with Crippen LogP contribution < -0.4 is 10.6 Å². The number of nitrogens with one attached hydrogen (secondary N) is 2. The van der Waals surface area contributed by atoms with Gasteiger partial charge in [0.25, 0.3) is 0 Å². The highest BCUT2D eigenvalue weighted by atomic mass is 79.9. The summed E-state index contributed by atoms with van der Waals surface area (Å²) in [5.74, 6) is -0.0749. The smallest absolute Gasteiger partial charge is 0.243 e. The van der Waals surface area contributed by atoms with Crippen LogP contribution in [0.4, 0.5) is 11.4 Å². The van der Waals surface area contributed by atoms with Gasteiger partial charge < -0.3 is 10.6 Å². The largest absolute Gasteiger partial charge is 0.375 e. The van der Waals surface area contributed by atoms with Crippen molar-refractivity contribution < 1.29 is 4.79 Å². The molecule has 5 heteroatoms.